The van der Waals surface area contributed by atoms with Crippen molar-refractivity contribution in [2.45, 2.75) is 200 Å². The SMILES string of the molecule is CCCCCCCCCCCCCCCC(=O)NCCOCCC(=O)OCCNC(=O)CCCCCCCCCCCCCCC. The maximum atomic E-state index is 12.0. The highest BCUT2D eigenvalue weighted by Gasteiger charge is 2.06. The fourth-order valence-electron chi connectivity index (χ4n) is 5.73. The number of hydrogen-bond donors (Lipinski definition) is 2. The van der Waals surface area contributed by atoms with Gasteiger partial charge in [-0.1, -0.05) is 168 Å². The standard InChI is InChI=1S/C39H76N2O5/c1-3-5-7-9-11-13-15-17-19-21-23-25-27-29-37(42)40-32-35-45-34-31-39(44)46-36-33-41-38(43)30-28-26-24-22-20-18-16-14-12-10-8-6-4-2/h3-36H2,1-2H3,(H,40,42)(H,41,43). The van der Waals surface area contributed by atoms with Gasteiger partial charge < -0.3 is 20.1 Å². The molecule has 0 aromatic rings. The second-order valence-corrected chi connectivity index (χ2v) is 13.3. The Kier molecular flexibility index (Phi) is 36.5. The van der Waals surface area contributed by atoms with Crippen LogP contribution >= 0.6 is 0 Å². The highest BCUT2D eigenvalue weighted by atomic mass is 16.5. The van der Waals surface area contributed by atoms with Crippen molar-refractivity contribution in [3.8, 4) is 0 Å². The van der Waals surface area contributed by atoms with E-state index in [2.05, 4.69) is 24.5 Å². The quantitative estimate of drug-likeness (QED) is 0.0515. The first-order chi connectivity index (χ1) is 22.6. The lowest BCUT2D eigenvalue weighted by Gasteiger charge is -2.08. The van der Waals surface area contributed by atoms with Gasteiger partial charge in [-0.2, -0.15) is 0 Å². The Morgan fingerprint density at radius 1 is 0.391 bits per heavy atom. The zero-order chi connectivity index (χ0) is 33.6. The summed E-state index contributed by atoms with van der Waals surface area (Å²) in [5.74, 6) is -0.238. The molecule has 0 rings (SSSR count). The molecule has 46 heavy (non-hydrogen) atoms. The van der Waals surface area contributed by atoms with Gasteiger partial charge in [-0.05, 0) is 12.8 Å². The Balaban J connectivity index is 3.34. The van der Waals surface area contributed by atoms with Crippen molar-refractivity contribution in [1.29, 1.82) is 0 Å². The van der Waals surface area contributed by atoms with Gasteiger partial charge in [-0.3, -0.25) is 14.4 Å². The number of ether oxygens (including phenoxy) is 2. The molecule has 0 saturated heterocycles. The second-order valence-electron chi connectivity index (χ2n) is 13.3. The van der Waals surface area contributed by atoms with E-state index in [1.807, 2.05) is 0 Å². The van der Waals surface area contributed by atoms with E-state index in [4.69, 9.17) is 9.47 Å². The number of hydrogen-bond acceptors (Lipinski definition) is 5. The highest BCUT2D eigenvalue weighted by Crippen LogP contribution is 2.14. The van der Waals surface area contributed by atoms with Gasteiger partial charge in [0.15, 0.2) is 0 Å². The molecular formula is C39H76N2O5. The lowest BCUT2D eigenvalue weighted by Crippen LogP contribution is -2.28. The molecule has 0 unspecified atom stereocenters. The van der Waals surface area contributed by atoms with Gasteiger partial charge in [0.1, 0.15) is 6.61 Å². The summed E-state index contributed by atoms with van der Waals surface area (Å²) in [6, 6.07) is 0. The van der Waals surface area contributed by atoms with Crippen LogP contribution in [0.4, 0.5) is 0 Å². The molecule has 0 aliphatic rings. The Bertz CT molecular complexity index is 673. The molecule has 0 bridgehead atoms. The molecule has 0 aromatic carbocycles. The molecule has 2 amide bonds. The van der Waals surface area contributed by atoms with Crippen molar-refractivity contribution in [2.24, 2.45) is 0 Å². The molecule has 0 aliphatic heterocycles. The van der Waals surface area contributed by atoms with E-state index >= 15 is 0 Å². The van der Waals surface area contributed by atoms with E-state index in [1.165, 1.54) is 141 Å². The maximum Gasteiger partial charge on any atom is 0.308 e. The van der Waals surface area contributed by atoms with Crippen molar-refractivity contribution in [2.75, 3.05) is 32.9 Å². The minimum Gasteiger partial charge on any atom is -0.464 e. The van der Waals surface area contributed by atoms with E-state index in [-0.39, 0.29) is 37.4 Å². The number of carbonyl (C=O) groups excluding carboxylic acids is 3. The second kappa shape index (κ2) is 37.8. The van der Waals surface area contributed by atoms with Gasteiger partial charge in [-0.15, -0.1) is 0 Å². The summed E-state index contributed by atoms with van der Waals surface area (Å²) in [7, 11) is 0. The third kappa shape index (κ3) is 36.8. The summed E-state index contributed by atoms with van der Waals surface area (Å²) in [5, 5.41) is 5.71. The summed E-state index contributed by atoms with van der Waals surface area (Å²) < 4.78 is 10.6. The first kappa shape index (κ1) is 44.4. The molecule has 0 aliphatic carbocycles. The molecule has 0 spiro atoms. The topological polar surface area (TPSA) is 93.7 Å². The molecular weight excluding hydrogens is 576 g/mol. The first-order valence-corrected chi connectivity index (χ1v) is 19.9. The predicted molar refractivity (Wildman–Crippen MR) is 193 cm³/mol. The van der Waals surface area contributed by atoms with E-state index in [1.54, 1.807) is 0 Å². The van der Waals surface area contributed by atoms with Crippen molar-refractivity contribution in [1.82, 2.24) is 10.6 Å². The molecule has 0 fully saturated rings. The number of esters is 1. The monoisotopic (exact) mass is 653 g/mol. The van der Waals surface area contributed by atoms with Gasteiger partial charge in [0.25, 0.3) is 0 Å². The Labute approximate surface area is 284 Å². The summed E-state index contributed by atoms with van der Waals surface area (Å²) in [5.41, 5.74) is 0. The van der Waals surface area contributed by atoms with E-state index in [0.717, 1.165) is 25.7 Å². The lowest BCUT2D eigenvalue weighted by atomic mass is 10.0. The van der Waals surface area contributed by atoms with E-state index in [9.17, 15) is 14.4 Å². The van der Waals surface area contributed by atoms with Crippen LogP contribution in [0.1, 0.15) is 200 Å². The number of carbonyl (C=O) groups is 3. The van der Waals surface area contributed by atoms with Crippen LogP contribution in [0, 0.1) is 0 Å². The molecule has 2 N–H and O–H groups in total. The van der Waals surface area contributed by atoms with Crippen LogP contribution in [-0.2, 0) is 23.9 Å². The van der Waals surface area contributed by atoms with Crippen LogP contribution in [-0.4, -0.2) is 50.7 Å². The molecule has 0 heterocycles. The van der Waals surface area contributed by atoms with Crippen molar-refractivity contribution in [3.63, 3.8) is 0 Å². The Hall–Kier alpha value is -1.63. The zero-order valence-electron chi connectivity index (χ0n) is 30.6. The van der Waals surface area contributed by atoms with Crippen molar-refractivity contribution >= 4 is 17.8 Å². The summed E-state index contributed by atoms with van der Waals surface area (Å²) in [6.45, 7) is 6.15. The van der Waals surface area contributed by atoms with Crippen LogP contribution in [0.15, 0.2) is 0 Å². The first-order valence-electron chi connectivity index (χ1n) is 19.9. The van der Waals surface area contributed by atoms with Gasteiger partial charge in [0.05, 0.1) is 26.2 Å². The van der Waals surface area contributed by atoms with Gasteiger partial charge in [-0.25, -0.2) is 0 Å². The third-order valence-corrected chi connectivity index (χ3v) is 8.72. The summed E-state index contributed by atoms with van der Waals surface area (Å²) in [6.07, 6.45) is 34.9. The molecule has 7 heteroatoms. The van der Waals surface area contributed by atoms with E-state index < -0.39 is 0 Å². The van der Waals surface area contributed by atoms with Crippen molar-refractivity contribution in [3.05, 3.63) is 0 Å². The summed E-state index contributed by atoms with van der Waals surface area (Å²) in [4.78, 5) is 35.8. The van der Waals surface area contributed by atoms with Crippen LogP contribution in [0.5, 0.6) is 0 Å². The highest BCUT2D eigenvalue weighted by molar-refractivity contribution is 5.76. The Morgan fingerprint density at radius 3 is 1.09 bits per heavy atom. The van der Waals surface area contributed by atoms with Crippen molar-refractivity contribution < 1.29 is 23.9 Å². The zero-order valence-corrected chi connectivity index (χ0v) is 30.6. The molecule has 0 radical (unpaired) electrons. The average molecular weight is 653 g/mol. The number of amides is 2. The van der Waals surface area contributed by atoms with Gasteiger partial charge in [0.2, 0.25) is 11.8 Å². The molecule has 0 atom stereocenters. The average Bonchev–Trinajstić information content (AvgIpc) is 3.05. The number of rotatable bonds is 37. The van der Waals surface area contributed by atoms with Crippen LogP contribution in [0.3, 0.4) is 0 Å². The number of unbranched alkanes of at least 4 members (excludes halogenated alkanes) is 24. The molecule has 272 valence electrons. The largest absolute Gasteiger partial charge is 0.464 e. The van der Waals surface area contributed by atoms with Gasteiger partial charge in [0, 0.05) is 19.4 Å². The van der Waals surface area contributed by atoms with E-state index in [0.29, 0.717) is 32.5 Å². The number of nitrogens with one attached hydrogen (secondary N) is 2. The predicted octanol–water partition coefficient (Wildman–Crippen LogP) is 10.1. The smallest absolute Gasteiger partial charge is 0.308 e. The summed E-state index contributed by atoms with van der Waals surface area (Å²) >= 11 is 0. The minimum absolute atomic E-state index is 0.0265. The van der Waals surface area contributed by atoms with Crippen LogP contribution in [0.2, 0.25) is 0 Å². The maximum absolute atomic E-state index is 12.0. The van der Waals surface area contributed by atoms with Crippen LogP contribution < -0.4 is 10.6 Å². The molecule has 0 aromatic heterocycles. The van der Waals surface area contributed by atoms with Crippen LogP contribution in [0.25, 0.3) is 0 Å². The lowest BCUT2D eigenvalue weighted by molar-refractivity contribution is -0.145. The third-order valence-electron chi connectivity index (χ3n) is 8.72. The van der Waals surface area contributed by atoms with Gasteiger partial charge >= 0.3 is 5.97 Å². The molecule has 0 saturated carbocycles. The minimum atomic E-state index is -0.336. The normalized spacial score (nSPS) is 11.1. The molecule has 7 nitrogen and oxygen atoms in total. The fourth-order valence-corrected chi connectivity index (χ4v) is 5.73. The fraction of sp³-hybridized carbons (Fsp3) is 0.923. The Morgan fingerprint density at radius 2 is 0.717 bits per heavy atom.